The first-order chi connectivity index (χ1) is 15.0. The van der Waals surface area contributed by atoms with Crippen molar-refractivity contribution in [1.29, 1.82) is 0 Å². The molecule has 188 valence electrons. The van der Waals surface area contributed by atoms with Crippen molar-refractivity contribution in [1.82, 2.24) is 0 Å². The fraction of sp³-hybridized carbons (Fsp3) is 1.00. The van der Waals surface area contributed by atoms with Crippen molar-refractivity contribution in [3.05, 3.63) is 0 Å². The molecule has 0 unspecified atom stereocenters. The van der Waals surface area contributed by atoms with Crippen LogP contribution < -0.4 is 0 Å². The average Bonchev–Trinajstić information content (AvgIpc) is 2.76. The van der Waals surface area contributed by atoms with E-state index < -0.39 is 98.7 Å². The smallest absolute Gasteiger partial charge is 0.187 e. The Hall–Kier alpha value is -0.560. The molecule has 9 N–H and O–H groups in total. The van der Waals surface area contributed by atoms with E-state index in [0.29, 0.717) is 0 Å². The van der Waals surface area contributed by atoms with Gasteiger partial charge in [-0.3, -0.25) is 0 Å². The lowest BCUT2D eigenvalue weighted by molar-refractivity contribution is -0.373. The molecule has 32 heavy (non-hydrogen) atoms. The second-order valence-corrected chi connectivity index (χ2v) is 8.30. The monoisotopic (exact) mass is 472 g/mol. The molecule has 0 aromatic rings. The van der Waals surface area contributed by atoms with Crippen molar-refractivity contribution in [2.24, 2.45) is 0 Å². The normalized spacial score (nSPS) is 55.0. The summed E-state index contributed by atoms with van der Waals surface area (Å²) in [5, 5.41) is 90.2. The molecule has 0 amide bonds. The molecule has 0 spiro atoms. The highest BCUT2D eigenvalue weighted by Crippen LogP contribution is 2.31. The second-order valence-electron chi connectivity index (χ2n) is 8.30. The van der Waals surface area contributed by atoms with Gasteiger partial charge in [0.1, 0.15) is 61.0 Å². The summed E-state index contributed by atoms with van der Waals surface area (Å²) in [4.78, 5) is 0. The van der Waals surface area contributed by atoms with Crippen LogP contribution in [0, 0.1) is 0 Å². The minimum Gasteiger partial charge on any atom is -0.394 e. The molecule has 3 saturated heterocycles. The minimum absolute atomic E-state index is 0.684. The van der Waals surface area contributed by atoms with Crippen molar-refractivity contribution in [3.63, 3.8) is 0 Å². The molecule has 3 aliphatic heterocycles. The number of rotatable bonds is 5. The first-order valence-corrected chi connectivity index (χ1v) is 10.3. The highest BCUT2D eigenvalue weighted by molar-refractivity contribution is 4.95. The third-order valence-electron chi connectivity index (χ3n) is 6.01. The highest BCUT2D eigenvalue weighted by Gasteiger charge is 2.52. The first kappa shape index (κ1) is 26.1. The Morgan fingerprint density at radius 2 is 1.09 bits per heavy atom. The fourth-order valence-electron chi connectivity index (χ4n) is 3.97. The third kappa shape index (κ3) is 4.94. The maximum atomic E-state index is 10.6. The molecule has 0 aromatic heterocycles. The molecule has 14 heteroatoms. The molecule has 0 aromatic carbocycles. The average molecular weight is 472 g/mol. The quantitative estimate of drug-likeness (QED) is 0.182. The Bertz CT molecular complexity index is 610. The van der Waals surface area contributed by atoms with Crippen LogP contribution in [0.25, 0.3) is 0 Å². The molecule has 3 rings (SSSR count). The van der Waals surface area contributed by atoms with Gasteiger partial charge in [0.2, 0.25) is 0 Å². The van der Waals surface area contributed by atoms with Gasteiger partial charge in [-0.05, 0) is 13.8 Å². The van der Waals surface area contributed by atoms with Gasteiger partial charge in [0.25, 0.3) is 0 Å². The largest absolute Gasteiger partial charge is 0.394 e. The predicted octanol–water partition coefficient (Wildman–Crippen LogP) is -5.52. The molecular weight excluding hydrogens is 440 g/mol. The molecular formula is C18H32O14. The summed E-state index contributed by atoms with van der Waals surface area (Å²) in [6, 6.07) is 0. The summed E-state index contributed by atoms with van der Waals surface area (Å²) in [6.07, 6.45) is -22.1. The van der Waals surface area contributed by atoms with Gasteiger partial charge in [-0.2, -0.15) is 0 Å². The van der Waals surface area contributed by atoms with Gasteiger partial charge in [0.05, 0.1) is 18.8 Å². The van der Waals surface area contributed by atoms with Crippen molar-refractivity contribution in [3.8, 4) is 0 Å². The molecule has 3 fully saturated rings. The molecule has 14 nitrogen and oxygen atoms in total. The first-order valence-electron chi connectivity index (χ1n) is 10.3. The SMILES string of the molecule is C[C@@H]1O[C@H](O[C@H]2[C@@H](O)[C@H](O)[C@H](O[C@@H]3[C@@H](O)[C@@H](O)O[C@H](CO)[C@H]3O)O[C@H]2C)[C@@H](O)[C@H](O)[C@@H]1O. The molecule has 0 saturated carbocycles. The van der Waals surface area contributed by atoms with E-state index in [1.165, 1.54) is 13.8 Å². The summed E-state index contributed by atoms with van der Waals surface area (Å²) in [6.45, 7) is 2.21. The standard InChI is InChI=1S/C18H32O14/c1-4-7(20)9(22)11(24)17(28-4)31-14-5(2)29-18(12(25)10(14)23)32-15-8(21)6(3-19)30-16(27)13(15)26/h4-27H,3H2,1-2H3/t4-,5-,6+,7+,8+,9+,10-,11-,12-,13+,14+,15-,16-,17+,18-/m0/s1. The molecule has 0 bridgehead atoms. The van der Waals surface area contributed by atoms with Crippen molar-refractivity contribution in [2.75, 3.05) is 6.61 Å². The zero-order valence-corrected chi connectivity index (χ0v) is 17.4. The summed E-state index contributed by atoms with van der Waals surface area (Å²) < 4.78 is 26.7. The van der Waals surface area contributed by atoms with E-state index in [0.717, 1.165) is 0 Å². The molecule has 15 atom stereocenters. The van der Waals surface area contributed by atoms with Gasteiger partial charge in [0.15, 0.2) is 18.9 Å². The minimum atomic E-state index is -1.78. The molecule has 0 radical (unpaired) electrons. The van der Waals surface area contributed by atoms with Crippen LogP contribution in [0.2, 0.25) is 0 Å². The summed E-state index contributed by atoms with van der Waals surface area (Å²) in [7, 11) is 0. The number of hydrogen-bond donors (Lipinski definition) is 9. The Morgan fingerprint density at radius 1 is 0.562 bits per heavy atom. The Kier molecular flexibility index (Phi) is 8.44. The van der Waals surface area contributed by atoms with E-state index in [4.69, 9.17) is 23.7 Å². The second kappa shape index (κ2) is 10.4. The van der Waals surface area contributed by atoms with Crippen molar-refractivity contribution < 1.29 is 69.6 Å². The topological polar surface area (TPSA) is 228 Å². The zero-order chi connectivity index (χ0) is 23.9. The maximum Gasteiger partial charge on any atom is 0.187 e. The fourth-order valence-corrected chi connectivity index (χ4v) is 3.97. The van der Waals surface area contributed by atoms with Gasteiger partial charge in [0, 0.05) is 0 Å². The lowest BCUT2D eigenvalue weighted by atomic mass is 9.96. The summed E-state index contributed by atoms with van der Waals surface area (Å²) in [5.41, 5.74) is 0. The van der Waals surface area contributed by atoms with E-state index in [1.807, 2.05) is 0 Å². The summed E-state index contributed by atoms with van der Waals surface area (Å²) in [5.74, 6) is 0. The van der Waals surface area contributed by atoms with Crippen molar-refractivity contribution >= 4 is 0 Å². The lowest BCUT2D eigenvalue weighted by Crippen LogP contribution is -2.65. The van der Waals surface area contributed by atoms with Crippen LogP contribution in [0.3, 0.4) is 0 Å². The van der Waals surface area contributed by atoms with Crippen LogP contribution >= 0.6 is 0 Å². The van der Waals surface area contributed by atoms with Crippen LogP contribution in [-0.2, 0) is 23.7 Å². The molecule has 3 heterocycles. The zero-order valence-electron chi connectivity index (χ0n) is 17.4. The Morgan fingerprint density at radius 3 is 1.69 bits per heavy atom. The van der Waals surface area contributed by atoms with Gasteiger partial charge < -0.3 is 69.6 Å². The van der Waals surface area contributed by atoms with Crippen molar-refractivity contribution in [2.45, 2.75) is 106 Å². The van der Waals surface area contributed by atoms with E-state index in [1.54, 1.807) is 0 Å². The van der Waals surface area contributed by atoms with Gasteiger partial charge in [-0.1, -0.05) is 0 Å². The van der Waals surface area contributed by atoms with Crippen LogP contribution in [-0.4, -0.2) is 145 Å². The van der Waals surface area contributed by atoms with E-state index in [9.17, 15) is 46.0 Å². The van der Waals surface area contributed by atoms with E-state index in [2.05, 4.69) is 0 Å². The molecule has 3 aliphatic rings. The summed E-state index contributed by atoms with van der Waals surface area (Å²) >= 11 is 0. The predicted molar refractivity (Wildman–Crippen MR) is 98.4 cm³/mol. The van der Waals surface area contributed by atoms with Crippen LogP contribution in [0.15, 0.2) is 0 Å². The lowest BCUT2D eigenvalue weighted by Gasteiger charge is -2.47. The number of hydrogen-bond acceptors (Lipinski definition) is 14. The number of ether oxygens (including phenoxy) is 5. The third-order valence-corrected chi connectivity index (χ3v) is 6.01. The number of aliphatic hydroxyl groups is 9. The highest BCUT2D eigenvalue weighted by atomic mass is 16.7. The number of aliphatic hydroxyl groups excluding tert-OH is 9. The van der Waals surface area contributed by atoms with Crippen LogP contribution in [0.1, 0.15) is 13.8 Å². The Labute approximate surface area is 183 Å². The van der Waals surface area contributed by atoms with E-state index >= 15 is 0 Å². The van der Waals surface area contributed by atoms with Gasteiger partial charge in [-0.15, -0.1) is 0 Å². The van der Waals surface area contributed by atoms with Crippen LogP contribution in [0.5, 0.6) is 0 Å². The Balaban J connectivity index is 1.67. The van der Waals surface area contributed by atoms with Gasteiger partial charge >= 0.3 is 0 Å². The molecule has 0 aliphatic carbocycles. The van der Waals surface area contributed by atoms with Gasteiger partial charge in [-0.25, -0.2) is 0 Å². The van der Waals surface area contributed by atoms with Crippen LogP contribution in [0.4, 0.5) is 0 Å². The maximum absolute atomic E-state index is 10.6. The van der Waals surface area contributed by atoms with E-state index in [-0.39, 0.29) is 0 Å².